The predicted molar refractivity (Wildman–Crippen MR) is 115 cm³/mol. The van der Waals surface area contributed by atoms with E-state index in [1.807, 2.05) is 0 Å². The summed E-state index contributed by atoms with van der Waals surface area (Å²) in [5.74, 6) is -0.707. The first kappa shape index (κ1) is 22.4. The zero-order valence-electron chi connectivity index (χ0n) is 17.2. The Morgan fingerprint density at radius 3 is 2.48 bits per heavy atom. The Bertz CT molecular complexity index is 1250. The number of H-pyrrole nitrogens is 1. The highest BCUT2D eigenvalue weighted by Gasteiger charge is 2.13. The monoisotopic (exact) mass is 475 g/mol. The van der Waals surface area contributed by atoms with Gasteiger partial charge in [0.25, 0.3) is 0 Å². The lowest BCUT2D eigenvalue weighted by molar-refractivity contribution is 0.571. The van der Waals surface area contributed by atoms with Crippen LogP contribution in [0.15, 0.2) is 36.7 Å². The lowest BCUT2D eigenvalue weighted by atomic mass is 10.1. The summed E-state index contributed by atoms with van der Waals surface area (Å²) in [5, 5.41) is 12.8. The number of halogens is 4. The molecule has 0 saturated carbocycles. The summed E-state index contributed by atoms with van der Waals surface area (Å²) in [5.41, 5.74) is 1.13. The van der Waals surface area contributed by atoms with Crippen molar-refractivity contribution in [2.24, 2.45) is 0 Å². The molecule has 9 nitrogen and oxygen atoms in total. The summed E-state index contributed by atoms with van der Waals surface area (Å²) in [6.07, 6.45) is 2.95. The van der Waals surface area contributed by atoms with Crippen molar-refractivity contribution in [3.8, 4) is 0 Å². The second-order valence-corrected chi connectivity index (χ2v) is 7.35. The standard InChI is InChI=1S/C20H17ClF3N9/c1-10(17-25-8-13(23)9-26-17)27-19-29-18(21)30-20(31-19)28-16-7-14(32-33-16)5-3-11-2-4-12(22)6-15(11)24/h2,4,6-10H,3,5H2,1H3,(H3,27,28,29,30,31,32,33)/t10-/m0/s1. The minimum Gasteiger partial charge on any atom is -0.344 e. The number of hydrogen-bond acceptors (Lipinski definition) is 8. The number of anilines is 3. The molecule has 1 atom stereocenters. The number of nitrogens with one attached hydrogen (secondary N) is 3. The molecule has 0 aliphatic carbocycles. The lowest BCUT2D eigenvalue weighted by Gasteiger charge is -2.12. The van der Waals surface area contributed by atoms with Gasteiger partial charge in [-0.2, -0.15) is 20.1 Å². The Balaban J connectivity index is 1.40. The maximum atomic E-state index is 13.8. The molecule has 3 N–H and O–H groups in total. The Hall–Kier alpha value is -3.80. The lowest BCUT2D eigenvalue weighted by Crippen LogP contribution is -2.14. The number of aromatic amines is 1. The molecule has 0 spiro atoms. The highest BCUT2D eigenvalue weighted by molar-refractivity contribution is 6.28. The number of nitrogens with zero attached hydrogens (tertiary/aromatic N) is 6. The van der Waals surface area contributed by atoms with E-state index in [0.29, 0.717) is 30.0 Å². The Kier molecular flexibility index (Phi) is 6.63. The minimum atomic E-state index is -0.617. The molecule has 0 amide bonds. The van der Waals surface area contributed by atoms with Gasteiger partial charge in [-0.1, -0.05) is 6.07 Å². The minimum absolute atomic E-state index is 0.0650. The molecule has 0 aliphatic heterocycles. The molecule has 13 heteroatoms. The van der Waals surface area contributed by atoms with Crippen LogP contribution in [0.2, 0.25) is 5.28 Å². The van der Waals surface area contributed by atoms with Gasteiger partial charge in [-0.15, -0.1) is 0 Å². The third kappa shape index (κ3) is 5.92. The van der Waals surface area contributed by atoms with Crippen molar-refractivity contribution in [3.63, 3.8) is 0 Å². The van der Waals surface area contributed by atoms with Crippen molar-refractivity contribution >= 4 is 29.3 Å². The number of hydrogen-bond donors (Lipinski definition) is 3. The topological polar surface area (TPSA) is 117 Å². The fraction of sp³-hybridized carbons (Fsp3) is 0.200. The second kappa shape index (κ2) is 9.77. The third-order valence-corrected chi connectivity index (χ3v) is 4.70. The zero-order chi connectivity index (χ0) is 23.4. The summed E-state index contributed by atoms with van der Waals surface area (Å²) in [6.45, 7) is 1.75. The highest BCUT2D eigenvalue weighted by Crippen LogP contribution is 2.19. The normalized spacial score (nSPS) is 11.9. The van der Waals surface area contributed by atoms with E-state index in [4.69, 9.17) is 11.6 Å². The molecule has 3 aromatic heterocycles. The summed E-state index contributed by atoms with van der Waals surface area (Å²) in [7, 11) is 0. The van der Waals surface area contributed by atoms with Crippen LogP contribution in [-0.2, 0) is 12.8 Å². The molecule has 0 aliphatic rings. The quantitative estimate of drug-likeness (QED) is 0.348. The summed E-state index contributed by atoms with van der Waals surface area (Å²) < 4.78 is 39.8. The van der Waals surface area contributed by atoms with Gasteiger partial charge in [-0.05, 0) is 43.0 Å². The largest absolute Gasteiger partial charge is 0.344 e. The molecule has 0 unspecified atom stereocenters. The molecule has 33 heavy (non-hydrogen) atoms. The smallest absolute Gasteiger partial charge is 0.234 e. The highest BCUT2D eigenvalue weighted by atomic mass is 35.5. The van der Waals surface area contributed by atoms with Crippen LogP contribution in [0.3, 0.4) is 0 Å². The van der Waals surface area contributed by atoms with Gasteiger partial charge in [-0.25, -0.2) is 23.1 Å². The average Bonchev–Trinajstić information content (AvgIpc) is 3.20. The van der Waals surface area contributed by atoms with Crippen LogP contribution < -0.4 is 10.6 Å². The first-order chi connectivity index (χ1) is 15.9. The first-order valence-electron chi connectivity index (χ1n) is 9.76. The molecule has 4 aromatic rings. The van der Waals surface area contributed by atoms with Crippen LogP contribution in [0, 0.1) is 17.5 Å². The molecule has 4 rings (SSSR count). The number of aromatic nitrogens is 7. The molecule has 1 aromatic carbocycles. The van der Waals surface area contributed by atoms with E-state index in [1.165, 1.54) is 12.1 Å². The van der Waals surface area contributed by atoms with Crippen molar-refractivity contribution in [1.29, 1.82) is 0 Å². The Labute approximate surface area is 190 Å². The molecule has 0 bridgehead atoms. The summed E-state index contributed by atoms with van der Waals surface area (Å²) in [4.78, 5) is 20.1. The van der Waals surface area contributed by atoms with Crippen molar-refractivity contribution < 1.29 is 13.2 Å². The first-order valence-corrected chi connectivity index (χ1v) is 10.1. The van der Waals surface area contributed by atoms with Gasteiger partial charge in [0.1, 0.15) is 17.5 Å². The maximum Gasteiger partial charge on any atom is 0.234 e. The maximum absolute atomic E-state index is 13.8. The molecular weight excluding hydrogens is 459 g/mol. The van der Waals surface area contributed by atoms with E-state index in [2.05, 4.69) is 45.8 Å². The number of aryl methyl sites for hydroxylation is 2. The average molecular weight is 476 g/mol. The second-order valence-electron chi connectivity index (χ2n) is 7.02. The molecular formula is C20H17ClF3N9. The van der Waals surface area contributed by atoms with Gasteiger partial charge in [0.15, 0.2) is 11.6 Å². The van der Waals surface area contributed by atoms with Gasteiger partial charge in [0.2, 0.25) is 17.2 Å². The number of rotatable bonds is 8. The van der Waals surface area contributed by atoms with Crippen LogP contribution in [0.1, 0.15) is 30.0 Å². The van der Waals surface area contributed by atoms with E-state index in [1.54, 1.807) is 13.0 Å². The van der Waals surface area contributed by atoms with Gasteiger partial charge in [-0.3, -0.25) is 5.10 Å². The van der Waals surface area contributed by atoms with Crippen LogP contribution in [0.4, 0.5) is 30.9 Å². The van der Waals surface area contributed by atoms with Crippen LogP contribution >= 0.6 is 11.6 Å². The van der Waals surface area contributed by atoms with Gasteiger partial charge < -0.3 is 10.6 Å². The van der Waals surface area contributed by atoms with E-state index in [0.717, 1.165) is 24.2 Å². The van der Waals surface area contributed by atoms with Crippen LogP contribution in [-0.4, -0.2) is 35.1 Å². The van der Waals surface area contributed by atoms with Crippen molar-refractivity contribution in [2.75, 3.05) is 10.6 Å². The van der Waals surface area contributed by atoms with Gasteiger partial charge >= 0.3 is 0 Å². The number of benzene rings is 1. The Morgan fingerprint density at radius 2 is 1.73 bits per heavy atom. The predicted octanol–water partition coefficient (Wildman–Crippen LogP) is 4.16. The van der Waals surface area contributed by atoms with Crippen molar-refractivity contribution in [2.45, 2.75) is 25.8 Å². The van der Waals surface area contributed by atoms with E-state index < -0.39 is 23.5 Å². The SMILES string of the molecule is C[C@H](Nc1nc(Cl)nc(Nc2cc(CCc3ccc(F)cc3F)[nH]n2)n1)c1ncc(F)cn1. The van der Waals surface area contributed by atoms with Crippen LogP contribution in [0.25, 0.3) is 0 Å². The summed E-state index contributed by atoms with van der Waals surface area (Å²) in [6, 6.07) is 4.77. The fourth-order valence-electron chi connectivity index (χ4n) is 2.94. The van der Waals surface area contributed by atoms with Crippen LogP contribution in [0.5, 0.6) is 0 Å². The Morgan fingerprint density at radius 1 is 0.970 bits per heavy atom. The van der Waals surface area contributed by atoms with Crippen molar-refractivity contribution in [3.05, 3.63) is 76.5 Å². The third-order valence-electron chi connectivity index (χ3n) is 4.53. The molecule has 170 valence electrons. The molecule has 3 heterocycles. The van der Waals surface area contributed by atoms with E-state index in [-0.39, 0.29) is 17.2 Å². The van der Waals surface area contributed by atoms with E-state index >= 15 is 0 Å². The van der Waals surface area contributed by atoms with E-state index in [9.17, 15) is 13.2 Å². The molecule has 0 saturated heterocycles. The van der Waals surface area contributed by atoms with Gasteiger partial charge in [0.05, 0.1) is 18.4 Å². The fourth-order valence-corrected chi connectivity index (χ4v) is 3.10. The van der Waals surface area contributed by atoms with Crippen molar-refractivity contribution in [1.82, 2.24) is 35.1 Å². The van der Waals surface area contributed by atoms with Gasteiger partial charge in [0, 0.05) is 17.8 Å². The summed E-state index contributed by atoms with van der Waals surface area (Å²) >= 11 is 6.00. The molecule has 0 fully saturated rings. The zero-order valence-corrected chi connectivity index (χ0v) is 17.9. The molecule has 0 radical (unpaired) electrons.